The van der Waals surface area contributed by atoms with Gasteiger partial charge in [-0.2, -0.15) is 0 Å². The Hall–Kier alpha value is -8.52. The highest BCUT2D eigenvalue weighted by Crippen LogP contribution is 2.56. The lowest BCUT2D eigenvalue weighted by molar-refractivity contribution is 0.407. The summed E-state index contributed by atoms with van der Waals surface area (Å²) < 4.78 is 0. The lowest BCUT2D eigenvalue weighted by Gasteiger charge is -2.34. The average Bonchev–Trinajstić information content (AvgIpc) is 3.96. The lowest BCUT2D eigenvalue weighted by Crippen LogP contribution is -2.26. The monoisotopic (exact) mass is 965 g/mol. The van der Waals surface area contributed by atoms with E-state index in [1.54, 1.807) is 0 Å². The van der Waals surface area contributed by atoms with Crippen LogP contribution >= 0.6 is 0 Å². The van der Waals surface area contributed by atoms with Gasteiger partial charge in [-0.15, -0.1) is 0 Å². The first-order valence-corrected chi connectivity index (χ1v) is 27.1. The number of hydrogen-bond donors (Lipinski definition) is 0. The third-order valence-corrected chi connectivity index (χ3v) is 16.3. The van der Waals surface area contributed by atoms with E-state index in [1.807, 2.05) is 12.2 Å². The van der Waals surface area contributed by atoms with Gasteiger partial charge in [0.25, 0.3) is 0 Å². The van der Waals surface area contributed by atoms with Crippen LogP contribution in [0.15, 0.2) is 256 Å². The van der Waals surface area contributed by atoms with Crippen LogP contribution in [0.5, 0.6) is 0 Å². The summed E-state index contributed by atoms with van der Waals surface area (Å²) in [5.74, 6) is 0.231. The van der Waals surface area contributed by atoms with Gasteiger partial charge in [0.2, 0.25) is 0 Å². The molecule has 1 heteroatoms. The van der Waals surface area contributed by atoms with E-state index in [2.05, 4.69) is 261 Å². The summed E-state index contributed by atoms with van der Waals surface area (Å²) in [6.45, 7) is 8.09. The molecule has 0 spiro atoms. The Morgan fingerprint density at radius 2 is 0.867 bits per heavy atom. The quantitative estimate of drug-likeness (QED) is 0.0775. The van der Waals surface area contributed by atoms with Crippen LogP contribution in [0.4, 0.5) is 17.1 Å². The first-order valence-electron chi connectivity index (χ1n) is 27.1. The van der Waals surface area contributed by atoms with Gasteiger partial charge >= 0.3 is 0 Å². The second kappa shape index (κ2) is 21.1. The first kappa shape index (κ1) is 47.5. The van der Waals surface area contributed by atoms with E-state index in [0.717, 1.165) is 62.7 Å². The number of aryl methyl sites for hydroxylation is 2. The number of rotatable bonds is 18. The Bertz CT molecular complexity index is 3580. The summed E-state index contributed by atoms with van der Waals surface area (Å²) in [7, 11) is 0. The SMILES string of the molecule is C=Cc1cccc(CCCCC2(CCCCc3cccc(C=C)c3)c3ccccc3-c3ccc(N(c4ccc(-c5ccccc5)cc4)c4ccc(-c5ccc6c(c5)-c5ccccc5C6c5ccccc5)cc4)cc32)c1. The number of benzene rings is 10. The molecule has 0 saturated heterocycles. The minimum atomic E-state index is -0.133. The van der Waals surface area contributed by atoms with Crippen LogP contribution in [0, 0.1) is 0 Å². The number of fused-ring (bicyclic) bond motifs is 6. The van der Waals surface area contributed by atoms with Crippen molar-refractivity contribution in [2.45, 2.75) is 62.7 Å². The number of anilines is 3. The maximum absolute atomic E-state index is 4.05. The van der Waals surface area contributed by atoms with Gasteiger partial charge in [0.15, 0.2) is 0 Å². The molecule has 75 heavy (non-hydrogen) atoms. The van der Waals surface area contributed by atoms with E-state index in [-0.39, 0.29) is 11.3 Å². The molecule has 10 aromatic carbocycles. The van der Waals surface area contributed by atoms with Gasteiger partial charge in [0, 0.05) is 28.4 Å². The van der Waals surface area contributed by atoms with Crippen molar-refractivity contribution in [3.8, 4) is 44.5 Å². The van der Waals surface area contributed by atoms with E-state index in [1.165, 1.54) is 100 Å². The Morgan fingerprint density at radius 3 is 1.51 bits per heavy atom. The fourth-order valence-corrected chi connectivity index (χ4v) is 12.6. The van der Waals surface area contributed by atoms with Crippen LogP contribution in [0.3, 0.4) is 0 Å². The zero-order valence-electron chi connectivity index (χ0n) is 42.8. The summed E-state index contributed by atoms with van der Waals surface area (Å²) in [6, 6.07) is 90.6. The van der Waals surface area contributed by atoms with Crippen molar-refractivity contribution >= 4 is 29.2 Å². The van der Waals surface area contributed by atoms with Crippen molar-refractivity contribution < 1.29 is 0 Å². The van der Waals surface area contributed by atoms with Gasteiger partial charge < -0.3 is 4.90 Å². The zero-order chi connectivity index (χ0) is 50.6. The minimum Gasteiger partial charge on any atom is -0.310 e. The van der Waals surface area contributed by atoms with Gasteiger partial charge in [0.1, 0.15) is 0 Å². The topological polar surface area (TPSA) is 3.24 Å². The molecule has 2 aliphatic rings. The predicted molar refractivity (Wildman–Crippen MR) is 319 cm³/mol. The van der Waals surface area contributed by atoms with Gasteiger partial charge in [-0.05, 0) is 176 Å². The molecule has 0 aliphatic heterocycles. The number of nitrogens with zero attached hydrogens (tertiary/aromatic N) is 1. The summed E-state index contributed by atoms with van der Waals surface area (Å²) in [4.78, 5) is 2.48. The Kier molecular flexibility index (Phi) is 13.4. The van der Waals surface area contributed by atoms with Gasteiger partial charge in [-0.25, -0.2) is 0 Å². The molecule has 364 valence electrons. The lowest BCUT2D eigenvalue weighted by atomic mass is 9.70. The largest absolute Gasteiger partial charge is 0.310 e. The molecule has 1 unspecified atom stereocenters. The zero-order valence-corrected chi connectivity index (χ0v) is 42.8. The summed E-state index contributed by atoms with van der Waals surface area (Å²) >= 11 is 0. The van der Waals surface area contributed by atoms with Crippen molar-refractivity contribution in [1.82, 2.24) is 0 Å². The van der Waals surface area contributed by atoms with Crippen molar-refractivity contribution in [3.05, 3.63) is 306 Å². The second-order valence-electron chi connectivity index (χ2n) is 20.7. The van der Waals surface area contributed by atoms with Crippen molar-refractivity contribution in [1.29, 1.82) is 0 Å². The molecule has 10 aromatic rings. The number of hydrogen-bond acceptors (Lipinski definition) is 1. The van der Waals surface area contributed by atoms with Crippen LogP contribution in [-0.2, 0) is 18.3 Å². The summed E-state index contributed by atoms with van der Waals surface area (Å²) in [5.41, 5.74) is 25.7. The molecule has 1 nitrogen and oxygen atoms in total. The number of unbranched alkanes of at least 4 members (excludes halogenated alkanes) is 2. The fourth-order valence-electron chi connectivity index (χ4n) is 12.6. The molecule has 0 amide bonds. The first-order chi connectivity index (χ1) is 37.1. The van der Waals surface area contributed by atoms with Crippen LogP contribution in [0.2, 0.25) is 0 Å². The van der Waals surface area contributed by atoms with Gasteiger partial charge in [-0.1, -0.05) is 238 Å². The third-order valence-electron chi connectivity index (χ3n) is 16.3. The van der Waals surface area contributed by atoms with Crippen LogP contribution in [-0.4, -0.2) is 0 Å². The van der Waals surface area contributed by atoms with Gasteiger partial charge in [-0.3, -0.25) is 0 Å². The standard InChI is InChI=1S/C74H63N/c1-3-53-23-19-25-55(49-53)21-15-17-47-74(48-18-16-22-56-26-20-24-54(4-2)50-56)71-34-14-13-32-66(71)67-46-44-64(52-72(67)74)75(62-40-35-58(36-41-62)57-27-7-5-8-28-57)63-42-37-59(38-43-63)61-39-45-69-70(51-61)65-31-11-12-33-68(65)73(69)60-29-9-6-10-30-60/h3-14,19-20,23-46,49-52,73H,1-2,15-18,21-22,47-48H2. The van der Waals surface area contributed by atoms with Crippen molar-refractivity contribution in [2.24, 2.45) is 0 Å². The highest BCUT2D eigenvalue weighted by atomic mass is 15.1. The molecule has 0 radical (unpaired) electrons. The molecule has 0 N–H and O–H groups in total. The molecular weight excluding hydrogens is 903 g/mol. The molecule has 0 heterocycles. The molecule has 12 rings (SSSR count). The minimum absolute atomic E-state index is 0.133. The molecule has 0 saturated carbocycles. The highest BCUT2D eigenvalue weighted by molar-refractivity contribution is 5.88. The Labute approximate surface area is 444 Å². The second-order valence-corrected chi connectivity index (χ2v) is 20.7. The van der Waals surface area contributed by atoms with E-state index < -0.39 is 0 Å². The summed E-state index contributed by atoms with van der Waals surface area (Å²) in [6.07, 6.45) is 12.7. The molecule has 2 aliphatic carbocycles. The average molecular weight is 966 g/mol. The predicted octanol–water partition coefficient (Wildman–Crippen LogP) is 20.0. The van der Waals surface area contributed by atoms with Crippen LogP contribution < -0.4 is 4.90 Å². The third kappa shape index (κ3) is 9.41. The maximum atomic E-state index is 4.05. The van der Waals surface area contributed by atoms with Crippen LogP contribution in [0.25, 0.3) is 56.7 Å². The van der Waals surface area contributed by atoms with Crippen LogP contribution in [0.1, 0.15) is 94.5 Å². The van der Waals surface area contributed by atoms with E-state index in [0.29, 0.717) is 0 Å². The summed E-state index contributed by atoms with van der Waals surface area (Å²) in [5, 5.41) is 0. The van der Waals surface area contributed by atoms with Crippen molar-refractivity contribution in [2.75, 3.05) is 4.90 Å². The highest BCUT2D eigenvalue weighted by Gasteiger charge is 2.42. The van der Waals surface area contributed by atoms with E-state index in [9.17, 15) is 0 Å². The Balaban J connectivity index is 0.921. The Morgan fingerprint density at radius 1 is 0.360 bits per heavy atom. The maximum Gasteiger partial charge on any atom is 0.0465 e. The molecule has 1 atom stereocenters. The van der Waals surface area contributed by atoms with E-state index in [4.69, 9.17) is 0 Å². The molecule has 0 bridgehead atoms. The molecular formula is C74H63N. The molecule has 0 aromatic heterocycles. The van der Waals surface area contributed by atoms with Crippen molar-refractivity contribution in [3.63, 3.8) is 0 Å². The smallest absolute Gasteiger partial charge is 0.0465 e. The van der Waals surface area contributed by atoms with Gasteiger partial charge in [0.05, 0.1) is 0 Å². The fraction of sp³-hybridized carbons (Fsp3) is 0.135. The molecule has 0 fully saturated rings. The normalized spacial score (nSPS) is 13.6. The van der Waals surface area contributed by atoms with E-state index >= 15 is 0 Å².